The molecule has 1 aromatic carbocycles. The van der Waals surface area contributed by atoms with E-state index in [1.165, 1.54) is 0 Å². The van der Waals surface area contributed by atoms with Crippen molar-refractivity contribution in [3.8, 4) is 6.07 Å². The molecule has 0 aromatic heterocycles. The van der Waals surface area contributed by atoms with Crippen LogP contribution in [-0.4, -0.2) is 47.0 Å². The molecule has 23 heavy (non-hydrogen) atoms. The first kappa shape index (κ1) is 17.4. The van der Waals surface area contributed by atoms with E-state index < -0.39 is 11.4 Å². The Labute approximate surface area is 136 Å². The van der Waals surface area contributed by atoms with Crippen molar-refractivity contribution in [2.45, 2.75) is 38.6 Å². The lowest BCUT2D eigenvalue weighted by molar-refractivity contribution is -0.209. The van der Waals surface area contributed by atoms with E-state index in [1.54, 1.807) is 12.2 Å². The van der Waals surface area contributed by atoms with Gasteiger partial charge in [0.25, 0.3) is 5.91 Å². The van der Waals surface area contributed by atoms with Crippen molar-refractivity contribution >= 4 is 5.91 Å². The van der Waals surface area contributed by atoms with E-state index >= 15 is 0 Å². The third-order valence-electron chi connectivity index (χ3n) is 4.50. The Morgan fingerprint density at radius 3 is 2.65 bits per heavy atom. The fourth-order valence-corrected chi connectivity index (χ4v) is 2.88. The smallest absolute Gasteiger partial charge is 0.251 e. The molecule has 1 heterocycles. The highest BCUT2D eigenvalue weighted by Gasteiger charge is 2.42. The van der Waals surface area contributed by atoms with Crippen LogP contribution in [-0.2, 0) is 16.1 Å². The molecule has 0 atom stereocenters. The van der Waals surface area contributed by atoms with E-state index in [9.17, 15) is 15.3 Å². The Balaban J connectivity index is 2.12. The number of hydrogen-bond acceptors (Lipinski definition) is 5. The molecule has 1 aliphatic rings. The number of piperidine rings is 1. The van der Waals surface area contributed by atoms with Crippen molar-refractivity contribution in [3.05, 3.63) is 34.9 Å². The number of carbonyl (C=O) groups excluding carboxylic acids is 1. The molecular weight excluding hydrogens is 294 g/mol. The monoisotopic (exact) mass is 317 g/mol. The molecule has 1 aromatic rings. The van der Waals surface area contributed by atoms with Crippen LogP contribution in [0.5, 0.6) is 0 Å². The normalized spacial score (nSPS) is 17.5. The summed E-state index contributed by atoms with van der Waals surface area (Å²) in [5, 5.41) is 22.3. The quantitative estimate of drug-likeness (QED) is 0.679. The molecule has 0 radical (unpaired) electrons. The zero-order valence-electron chi connectivity index (χ0n) is 13.9. The Kier molecular flexibility index (Phi) is 5.37. The second-order valence-corrected chi connectivity index (χ2v) is 6.07. The minimum Gasteiger partial charge on any atom is -0.302 e. The summed E-state index contributed by atoms with van der Waals surface area (Å²) < 4.78 is 0. The Morgan fingerprint density at radius 1 is 1.43 bits per heavy atom. The van der Waals surface area contributed by atoms with Gasteiger partial charge in [0.1, 0.15) is 0 Å². The van der Waals surface area contributed by atoms with Gasteiger partial charge >= 0.3 is 0 Å². The third kappa shape index (κ3) is 3.70. The van der Waals surface area contributed by atoms with Gasteiger partial charge in [0, 0.05) is 25.9 Å². The van der Waals surface area contributed by atoms with Crippen molar-refractivity contribution in [1.82, 2.24) is 10.1 Å². The highest BCUT2D eigenvalue weighted by Crippen LogP contribution is 2.28. The molecule has 0 unspecified atom stereocenters. The van der Waals surface area contributed by atoms with E-state index in [0.717, 1.165) is 16.7 Å². The third-order valence-corrected chi connectivity index (χ3v) is 4.50. The number of hydroxylamine groups is 4. The SMILES string of the molecule is CON1CCC(C#N)(N(O)C(=O)Cc2cc(C)ccc2C)CC1. The second-order valence-electron chi connectivity index (χ2n) is 6.07. The lowest BCUT2D eigenvalue weighted by atomic mass is 9.88. The molecule has 1 N–H and O–H groups in total. The van der Waals surface area contributed by atoms with Crippen LogP contribution in [0.1, 0.15) is 29.5 Å². The summed E-state index contributed by atoms with van der Waals surface area (Å²) in [4.78, 5) is 17.6. The average molecular weight is 317 g/mol. The summed E-state index contributed by atoms with van der Waals surface area (Å²) in [6, 6.07) is 8.00. The van der Waals surface area contributed by atoms with Gasteiger partial charge in [0.2, 0.25) is 0 Å². The maximum absolute atomic E-state index is 12.5. The molecule has 0 aliphatic carbocycles. The number of nitrogens with zero attached hydrogens (tertiary/aromatic N) is 3. The van der Waals surface area contributed by atoms with Crippen molar-refractivity contribution in [1.29, 1.82) is 5.26 Å². The van der Waals surface area contributed by atoms with E-state index in [1.807, 2.05) is 32.0 Å². The molecule has 1 aliphatic heterocycles. The molecular formula is C17H23N3O3. The lowest BCUT2D eigenvalue weighted by Crippen LogP contribution is -2.55. The minimum atomic E-state index is -1.18. The highest BCUT2D eigenvalue weighted by atomic mass is 16.7. The predicted molar refractivity (Wildman–Crippen MR) is 84.4 cm³/mol. The summed E-state index contributed by atoms with van der Waals surface area (Å²) >= 11 is 0. The van der Waals surface area contributed by atoms with Gasteiger partial charge in [-0.1, -0.05) is 23.8 Å². The second kappa shape index (κ2) is 7.09. The first-order valence-corrected chi connectivity index (χ1v) is 7.70. The molecule has 6 heteroatoms. The molecule has 124 valence electrons. The Hall–Kier alpha value is -1.94. The maximum Gasteiger partial charge on any atom is 0.251 e. The zero-order chi connectivity index (χ0) is 17.0. The Morgan fingerprint density at radius 2 is 2.09 bits per heavy atom. The van der Waals surface area contributed by atoms with Gasteiger partial charge in [-0.15, -0.1) is 0 Å². The van der Waals surface area contributed by atoms with Crippen LogP contribution in [0.25, 0.3) is 0 Å². The first-order chi connectivity index (χ1) is 10.9. The van der Waals surface area contributed by atoms with Crippen LogP contribution in [0.4, 0.5) is 0 Å². The topological polar surface area (TPSA) is 76.8 Å². The van der Waals surface area contributed by atoms with E-state index in [4.69, 9.17) is 4.84 Å². The van der Waals surface area contributed by atoms with Crippen LogP contribution < -0.4 is 0 Å². The van der Waals surface area contributed by atoms with Crippen LogP contribution in [0.15, 0.2) is 18.2 Å². The van der Waals surface area contributed by atoms with E-state index in [0.29, 0.717) is 31.0 Å². The average Bonchev–Trinajstić information content (AvgIpc) is 2.57. The largest absolute Gasteiger partial charge is 0.302 e. The van der Waals surface area contributed by atoms with Gasteiger partial charge < -0.3 is 4.84 Å². The van der Waals surface area contributed by atoms with Gasteiger partial charge in [-0.25, -0.2) is 5.06 Å². The summed E-state index contributed by atoms with van der Waals surface area (Å²) in [6.45, 7) is 4.89. The molecule has 0 spiro atoms. The standard InChI is InChI=1S/C17H23N3O3/c1-13-4-5-14(2)15(10-13)11-16(21)20(22)17(12-18)6-8-19(23-3)9-7-17/h4-5,10,22H,6-9,11H2,1-3H3. The van der Waals surface area contributed by atoms with Crippen molar-refractivity contribution in [2.75, 3.05) is 20.2 Å². The predicted octanol–water partition coefficient (Wildman–Crippen LogP) is 1.98. The van der Waals surface area contributed by atoms with Gasteiger partial charge in [-0.2, -0.15) is 10.3 Å². The lowest BCUT2D eigenvalue weighted by Gasteiger charge is -2.40. The van der Waals surface area contributed by atoms with Gasteiger partial charge in [-0.3, -0.25) is 10.0 Å². The highest BCUT2D eigenvalue weighted by molar-refractivity contribution is 5.79. The van der Waals surface area contributed by atoms with Crippen LogP contribution in [0, 0.1) is 25.2 Å². The minimum absolute atomic E-state index is 0.0848. The van der Waals surface area contributed by atoms with E-state index in [2.05, 4.69) is 6.07 Å². The maximum atomic E-state index is 12.5. The van der Waals surface area contributed by atoms with Crippen molar-refractivity contribution in [2.24, 2.45) is 0 Å². The molecule has 1 amide bonds. The molecule has 1 fully saturated rings. The molecule has 6 nitrogen and oxygen atoms in total. The molecule has 2 rings (SSSR count). The molecule has 0 saturated carbocycles. The van der Waals surface area contributed by atoms with Crippen LogP contribution in [0.2, 0.25) is 0 Å². The van der Waals surface area contributed by atoms with Gasteiger partial charge in [0.05, 0.1) is 19.6 Å². The number of amides is 1. The molecule has 0 bridgehead atoms. The summed E-state index contributed by atoms with van der Waals surface area (Å²) in [7, 11) is 1.57. The fourth-order valence-electron chi connectivity index (χ4n) is 2.88. The van der Waals surface area contributed by atoms with Gasteiger partial charge in [0.15, 0.2) is 5.54 Å². The van der Waals surface area contributed by atoms with Crippen molar-refractivity contribution in [3.63, 3.8) is 0 Å². The Bertz CT molecular complexity index is 616. The van der Waals surface area contributed by atoms with Gasteiger partial charge in [-0.05, 0) is 25.0 Å². The number of rotatable bonds is 4. The number of benzene rings is 1. The zero-order valence-corrected chi connectivity index (χ0v) is 13.9. The van der Waals surface area contributed by atoms with E-state index in [-0.39, 0.29) is 6.42 Å². The van der Waals surface area contributed by atoms with Crippen LogP contribution >= 0.6 is 0 Å². The van der Waals surface area contributed by atoms with Crippen LogP contribution in [0.3, 0.4) is 0 Å². The number of aryl methyl sites for hydroxylation is 2. The summed E-state index contributed by atoms with van der Waals surface area (Å²) in [6.07, 6.45) is 0.792. The fraction of sp³-hybridized carbons (Fsp3) is 0.529. The molecule has 1 saturated heterocycles. The number of carbonyl (C=O) groups is 1. The summed E-state index contributed by atoms with van der Waals surface area (Å²) in [5.41, 5.74) is 1.75. The first-order valence-electron chi connectivity index (χ1n) is 7.70. The van der Waals surface area contributed by atoms with Crippen molar-refractivity contribution < 1.29 is 14.8 Å². The summed E-state index contributed by atoms with van der Waals surface area (Å²) in [5.74, 6) is -0.453. The number of nitriles is 1. The number of hydrogen-bond donors (Lipinski definition) is 1.